The van der Waals surface area contributed by atoms with E-state index in [1.165, 1.54) is 10.1 Å². The van der Waals surface area contributed by atoms with E-state index in [9.17, 15) is 19.6 Å². The van der Waals surface area contributed by atoms with Crippen molar-refractivity contribution >= 4 is 52.1 Å². The van der Waals surface area contributed by atoms with Gasteiger partial charge in [-0.1, -0.05) is 54.3 Å². The minimum absolute atomic E-state index is 0.0104. The van der Waals surface area contributed by atoms with E-state index in [1.807, 2.05) is 24.3 Å². The number of carbonyl (C=O) groups excluding carboxylic acids is 1. The van der Waals surface area contributed by atoms with Gasteiger partial charge in [0.05, 0.1) is 4.91 Å². The monoisotopic (exact) mass is 523 g/mol. The van der Waals surface area contributed by atoms with Gasteiger partial charge in [-0.2, -0.15) is 5.26 Å². The van der Waals surface area contributed by atoms with Crippen molar-refractivity contribution in [2.75, 3.05) is 37.6 Å². The number of carbonyl (C=O) groups is 2. The van der Waals surface area contributed by atoms with Crippen LogP contribution in [0.2, 0.25) is 0 Å². The SMILES string of the molecule is Cc1c(/C=C2\SC(=S)N(CC(=O)O)C2=O)c(N2CCN(Cc3ccccc3)CC2)n(C)c(=O)c1C#N. The van der Waals surface area contributed by atoms with Gasteiger partial charge in [-0.25, -0.2) is 0 Å². The second-order valence-electron chi connectivity index (χ2n) is 8.62. The van der Waals surface area contributed by atoms with Crippen LogP contribution in [-0.4, -0.2) is 68.4 Å². The van der Waals surface area contributed by atoms with Crippen molar-refractivity contribution in [1.82, 2.24) is 14.4 Å². The molecule has 0 aliphatic carbocycles. The Morgan fingerprint density at radius 3 is 2.47 bits per heavy atom. The van der Waals surface area contributed by atoms with Gasteiger partial charge in [0.1, 0.15) is 28.3 Å². The molecule has 0 bridgehead atoms. The van der Waals surface area contributed by atoms with Crippen LogP contribution >= 0.6 is 24.0 Å². The van der Waals surface area contributed by atoms with Crippen molar-refractivity contribution in [3.8, 4) is 6.07 Å². The number of rotatable bonds is 6. The lowest BCUT2D eigenvalue weighted by molar-refractivity contribution is -0.140. The quantitative estimate of drug-likeness (QED) is 0.450. The standard InChI is InChI=1S/C25H25N5O4S2/c1-16-18(12-20-24(34)30(15-21(31)32)25(35)36-20)22(27(2)23(33)19(16)13-26)29-10-8-28(9-11-29)14-17-6-4-3-5-7-17/h3-7,12H,8-11,14-15H2,1-2H3,(H,31,32)/b20-12-. The molecule has 2 fully saturated rings. The number of thiocarbonyl (C=S) groups is 1. The molecular weight excluding hydrogens is 498 g/mol. The molecular formula is C25H25N5O4S2. The highest BCUT2D eigenvalue weighted by atomic mass is 32.2. The number of aromatic nitrogens is 1. The van der Waals surface area contributed by atoms with Crippen molar-refractivity contribution in [3.05, 3.63) is 67.8 Å². The molecule has 2 aliphatic rings. The zero-order valence-electron chi connectivity index (χ0n) is 19.9. The van der Waals surface area contributed by atoms with E-state index in [4.69, 9.17) is 17.3 Å². The Labute approximate surface area is 218 Å². The van der Waals surface area contributed by atoms with Gasteiger partial charge in [0.2, 0.25) is 0 Å². The second kappa shape index (κ2) is 10.7. The average molecular weight is 524 g/mol. The molecule has 36 heavy (non-hydrogen) atoms. The lowest BCUT2D eigenvalue weighted by atomic mass is 10.0. The third kappa shape index (κ3) is 5.06. The van der Waals surface area contributed by atoms with Crippen molar-refractivity contribution in [2.45, 2.75) is 13.5 Å². The van der Waals surface area contributed by atoms with Gasteiger partial charge in [-0.05, 0) is 24.1 Å². The van der Waals surface area contributed by atoms with Crippen molar-refractivity contribution in [3.63, 3.8) is 0 Å². The minimum Gasteiger partial charge on any atom is -0.480 e. The first kappa shape index (κ1) is 25.6. The number of pyridine rings is 1. The van der Waals surface area contributed by atoms with Crippen LogP contribution in [-0.2, 0) is 23.2 Å². The number of nitrogens with zero attached hydrogens (tertiary/aromatic N) is 5. The highest BCUT2D eigenvalue weighted by molar-refractivity contribution is 8.26. The first-order valence-corrected chi connectivity index (χ1v) is 12.6. The first-order chi connectivity index (χ1) is 17.2. The van der Waals surface area contributed by atoms with Crippen LogP contribution < -0.4 is 10.5 Å². The van der Waals surface area contributed by atoms with Gasteiger partial charge < -0.3 is 10.0 Å². The number of hydrogen-bond donors (Lipinski definition) is 1. The normalized spacial score (nSPS) is 17.6. The zero-order chi connectivity index (χ0) is 26.0. The summed E-state index contributed by atoms with van der Waals surface area (Å²) in [6.45, 7) is 4.88. The predicted octanol–water partition coefficient (Wildman–Crippen LogP) is 2.17. The Morgan fingerprint density at radius 2 is 1.86 bits per heavy atom. The van der Waals surface area contributed by atoms with E-state index in [1.54, 1.807) is 20.0 Å². The molecule has 0 radical (unpaired) electrons. The highest BCUT2D eigenvalue weighted by Gasteiger charge is 2.34. The number of amides is 1. The van der Waals surface area contributed by atoms with Gasteiger partial charge in [0, 0.05) is 45.3 Å². The van der Waals surface area contributed by atoms with E-state index >= 15 is 0 Å². The first-order valence-electron chi connectivity index (χ1n) is 11.3. The summed E-state index contributed by atoms with van der Waals surface area (Å²) in [6, 6.07) is 12.2. The van der Waals surface area contributed by atoms with Gasteiger partial charge in [0.15, 0.2) is 0 Å². The molecule has 0 unspecified atom stereocenters. The Morgan fingerprint density at radius 1 is 1.19 bits per heavy atom. The lowest BCUT2D eigenvalue weighted by Crippen LogP contribution is -2.48. The van der Waals surface area contributed by atoms with Crippen molar-refractivity contribution in [2.24, 2.45) is 7.05 Å². The van der Waals surface area contributed by atoms with Crippen LogP contribution in [0.5, 0.6) is 0 Å². The fraction of sp³-hybridized carbons (Fsp3) is 0.320. The molecule has 9 nitrogen and oxygen atoms in total. The zero-order valence-corrected chi connectivity index (χ0v) is 21.6. The maximum Gasteiger partial charge on any atom is 0.323 e. The molecule has 11 heteroatoms. The summed E-state index contributed by atoms with van der Waals surface area (Å²) in [5.74, 6) is -1.04. The number of aliphatic carboxylic acids is 1. The molecule has 1 aromatic carbocycles. The largest absolute Gasteiger partial charge is 0.480 e. The topological polar surface area (TPSA) is 110 Å². The van der Waals surface area contributed by atoms with Crippen LogP contribution in [0.25, 0.3) is 6.08 Å². The summed E-state index contributed by atoms with van der Waals surface area (Å²) in [6.07, 6.45) is 1.63. The van der Waals surface area contributed by atoms with Gasteiger partial charge in [-0.3, -0.25) is 28.8 Å². The molecule has 2 aliphatic heterocycles. The predicted molar refractivity (Wildman–Crippen MR) is 143 cm³/mol. The van der Waals surface area contributed by atoms with E-state index in [-0.39, 0.29) is 14.8 Å². The number of nitriles is 1. The second-order valence-corrected chi connectivity index (χ2v) is 10.3. The number of benzene rings is 1. The third-order valence-corrected chi connectivity index (χ3v) is 7.71. The molecule has 1 amide bonds. The molecule has 2 aromatic rings. The van der Waals surface area contributed by atoms with Crippen LogP contribution in [0.4, 0.5) is 5.82 Å². The number of carboxylic acid groups (broad SMARTS) is 1. The van der Waals surface area contributed by atoms with Gasteiger partial charge in [-0.15, -0.1) is 0 Å². The smallest absolute Gasteiger partial charge is 0.323 e. The van der Waals surface area contributed by atoms with Gasteiger partial charge >= 0.3 is 5.97 Å². The Bertz CT molecular complexity index is 1360. The summed E-state index contributed by atoms with van der Waals surface area (Å²) in [5.41, 5.74) is 1.91. The van der Waals surface area contributed by atoms with E-state index in [0.29, 0.717) is 30.0 Å². The van der Waals surface area contributed by atoms with Crippen molar-refractivity contribution < 1.29 is 14.7 Å². The summed E-state index contributed by atoms with van der Waals surface area (Å²) in [4.78, 5) is 42.8. The van der Waals surface area contributed by atoms with Crippen LogP contribution in [0.1, 0.15) is 22.3 Å². The molecule has 0 spiro atoms. The number of thioether (sulfide) groups is 1. The molecule has 0 atom stereocenters. The Hall–Kier alpha value is -3.46. The molecule has 2 saturated heterocycles. The van der Waals surface area contributed by atoms with Crippen LogP contribution in [0.15, 0.2) is 40.0 Å². The molecule has 1 aromatic heterocycles. The molecule has 0 saturated carbocycles. The Kier molecular flexibility index (Phi) is 7.59. The Balaban J connectivity index is 1.68. The van der Waals surface area contributed by atoms with E-state index in [0.717, 1.165) is 36.3 Å². The van der Waals surface area contributed by atoms with Crippen LogP contribution in [0, 0.1) is 18.3 Å². The number of piperazine rings is 1. The molecule has 3 heterocycles. The number of carboxylic acids is 1. The maximum absolute atomic E-state index is 13.0. The minimum atomic E-state index is -1.16. The summed E-state index contributed by atoms with van der Waals surface area (Å²) < 4.78 is 1.62. The third-order valence-electron chi connectivity index (χ3n) is 6.33. The molecule has 4 rings (SSSR count). The molecule has 186 valence electrons. The summed E-state index contributed by atoms with van der Waals surface area (Å²) in [5, 5.41) is 18.8. The van der Waals surface area contributed by atoms with Crippen LogP contribution in [0.3, 0.4) is 0 Å². The van der Waals surface area contributed by atoms with E-state index in [2.05, 4.69) is 21.9 Å². The highest BCUT2D eigenvalue weighted by Crippen LogP contribution is 2.35. The number of anilines is 1. The number of hydrogen-bond acceptors (Lipinski definition) is 8. The fourth-order valence-electron chi connectivity index (χ4n) is 4.46. The van der Waals surface area contributed by atoms with E-state index < -0.39 is 24.0 Å². The fourth-order valence-corrected chi connectivity index (χ4v) is 5.69. The van der Waals surface area contributed by atoms with Crippen molar-refractivity contribution in [1.29, 1.82) is 5.26 Å². The summed E-state index contributed by atoms with van der Waals surface area (Å²) >= 11 is 6.24. The average Bonchev–Trinajstić information content (AvgIpc) is 3.11. The summed E-state index contributed by atoms with van der Waals surface area (Å²) in [7, 11) is 1.63. The maximum atomic E-state index is 13.0. The lowest BCUT2D eigenvalue weighted by Gasteiger charge is -2.37. The van der Waals surface area contributed by atoms with Gasteiger partial charge in [0.25, 0.3) is 11.5 Å². The molecule has 1 N–H and O–H groups in total.